The number of hydrogen-bond acceptors (Lipinski definition) is 0. The van der Waals surface area contributed by atoms with Gasteiger partial charge in [0.05, 0.1) is 0 Å². The van der Waals surface area contributed by atoms with Crippen molar-refractivity contribution >= 4 is 0 Å². The Bertz CT molecular complexity index is 302. The number of allylic oxidation sites excluding steroid dienone is 6. The minimum atomic E-state index is 0.733. The largest absolute Gasteiger partial charge is 0.0853 e. The molecule has 1 aliphatic carbocycles. The number of hydrogen-bond donors (Lipinski definition) is 0. The zero-order valence-corrected chi connectivity index (χ0v) is 11.3. The lowest BCUT2D eigenvalue weighted by atomic mass is 9.93. The van der Waals surface area contributed by atoms with E-state index in [9.17, 15) is 0 Å². The van der Waals surface area contributed by atoms with E-state index >= 15 is 0 Å². The molecule has 0 N–H and O–H groups in total. The van der Waals surface area contributed by atoms with Gasteiger partial charge in [0.2, 0.25) is 0 Å². The van der Waals surface area contributed by atoms with E-state index < -0.39 is 0 Å². The van der Waals surface area contributed by atoms with Crippen LogP contribution in [0.1, 0.15) is 59.8 Å². The average molecular weight is 218 g/mol. The van der Waals surface area contributed by atoms with Crippen molar-refractivity contribution in [1.82, 2.24) is 0 Å². The molecule has 0 spiro atoms. The van der Waals surface area contributed by atoms with Crippen LogP contribution in [-0.4, -0.2) is 0 Å². The lowest BCUT2D eigenvalue weighted by molar-refractivity contribution is 0.607. The normalized spacial score (nSPS) is 31.2. The third kappa shape index (κ3) is 4.83. The van der Waals surface area contributed by atoms with Crippen molar-refractivity contribution in [2.45, 2.75) is 59.8 Å². The summed E-state index contributed by atoms with van der Waals surface area (Å²) in [6.45, 7) is 9.15. The third-order valence-electron chi connectivity index (χ3n) is 3.69. The van der Waals surface area contributed by atoms with Crippen LogP contribution >= 0.6 is 0 Å². The molecule has 0 heterocycles. The lowest BCUT2D eigenvalue weighted by Crippen LogP contribution is -1.97. The Morgan fingerprint density at radius 2 is 1.62 bits per heavy atom. The molecule has 0 aromatic rings. The van der Waals surface area contributed by atoms with Gasteiger partial charge in [0.1, 0.15) is 0 Å². The average Bonchev–Trinajstić information content (AvgIpc) is 2.24. The van der Waals surface area contributed by atoms with Gasteiger partial charge in [-0.2, -0.15) is 0 Å². The highest BCUT2D eigenvalue weighted by atomic mass is 14.1. The molecule has 0 heteroatoms. The van der Waals surface area contributed by atoms with Crippen LogP contribution in [0.2, 0.25) is 0 Å². The minimum absolute atomic E-state index is 0.733. The van der Waals surface area contributed by atoms with Gasteiger partial charge in [-0.15, -0.1) is 0 Å². The van der Waals surface area contributed by atoms with E-state index in [2.05, 4.69) is 45.9 Å². The van der Waals surface area contributed by atoms with Crippen LogP contribution in [0.25, 0.3) is 0 Å². The van der Waals surface area contributed by atoms with Crippen molar-refractivity contribution < 1.29 is 0 Å². The molecular formula is C16H26. The molecule has 1 unspecified atom stereocenters. The van der Waals surface area contributed by atoms with Gasteiger partial charge in [-0.1, -0.05) is 41.9 Å². The van der Waals surface area contributed by atoms with Gasteiger partial charge in [0.15, 0.2) is 0 Å². The maximum atomic E-state index is 2.42. The van der Waals surface area contributed by atoms with Crippen LogP contribution in [0.5, 0.6) is 0 Å². The first-order valence-corrected chi connectivity index (χ1v) is 6.57. The highest BCUT2D eigenvalue weighted by Gasteiger charge is 2.04. The second-order valence-corrected chi connectivity index (χ2v) is 5.26. The predicted octanol–water partition coefficient (Wildman–Crippen LogP) is 5.43. The van der Waals surface area contributed by atoms with E-state index in [1.54, 1.807) is 11.1 Å². The second-order valence-electron chi connectivity index (χ2n) is 5.26. The summed E-state index contributed by atoms with van der Waals surface area (Å²) >= 11 is 0. The highest BCUT2D eigenvalue weighted by molar-refractivity contribution is 5.11. The molecule has 0 saturated heterocycles. The smallest absolute Gasteiger partial charge is 0.0164 e. The first-order valence-electron chi connectivity index (χ1n) is 6.57. The van der Waals surface area contributed by atoms with Gasteiger partial charge in [0.25, 0.3) is 0 Å². The maximum Gasteiger partial charge on any atom is -0.0164 e. The highest BCUT2D eigenvalue weighted by Crippen LogP contribution is 2.21. The van der Waals surface area contributed by atoms with Crippen molar-refractivity contribution in [3.05, 3.63) is 34.9 Å². The molecule has 90 valence electrons. The van der Waals surface area contributed by atoms with Crippen LogP contribution in [-0.2, 0) is 0 Å². The van der Waals surface area contributed by atoms with E-state index in [1.165, 1.54) is 31.3 Å². The summed E-state index contributed by atoms with van der Waals surface area (Å²) in [4.78, 5) is 0. The van der Waals surface area contributed by atoms with Crippen LogP contribution in [0.4, 0.5) is 0 Å². The van der Waals surface area contributed by atoms with Crippen molar-refractivity contribution in [3.63, 3.8) is 0 Å². The molecule has 0 aromatic carbocycles. The summed E-state index contributed by atoms with van der Waals surface area (Å²) in [7, 11) is 0. The fourth-order valence-corrected chi connectivity index (χ4v) is 2.07. The molecular weight excluding hydrogens is 192 g/mol. The Labute approximate surface area is 101 Å². The summed E-state index contributed by atoms with van der Waals surface area (Å²) < 4.78 is 0. The predicted molar refractivity (Wildman–Crippen MR) is 73.5 cm³/mol. The van der Waals surface area contributed by atoms with Gasteiger partial charge in [0, 0.05) is 0 Å². The Balaban J connectivity index is 2.74. The van der Waals surface area contributed by atoms with E-state index in [0.717, 1.165) is 12.3 Å². The molecule has 0 bridgehead atoms. The fourth-order valence-electron chi connectivity index (χ4n) is 2.07. The van der Waals surface area contributed by atoms with Crippen LogP contribution in [0.15, 0.2) is 34.9 Å². The van der Waals surface area contributed by atoms with Crippen LogP contribution in [0.3, 0.4) is 0 Å². The molecule has 0 aliphatic heterocycles. The van der Waals surface area contributed by atoms with Gasteiger partial charge >= 0.3 is 0 Å². The molecule has 0 radical (unpaired) electrons. The van der Waals surface area contributed by atoms with Crippen molar-refractivity contribution in [2.75, 3.05) is 0 Å². The maximum absolute atomic E-state index is 2.42. The minimum Gasteiger partial charge on any atom is -0.0853 e. The molecule has 0 nitrogen and oxygen atoms in total. The van der Waals surface area contributed by atoms with Crippen molar-refractivity contribution in [1.29, 1.82) is 0 Å². The van der Waals surface area contributed by atoms with E-state index in [1.807, 2.05) is 0 Å². The first kappa shape index (κ1) is 13.3. The second kappa shape index (κ2) is 6.73. The van der Waals surface area contributed by atoms with E-state index in [4.69, 9.17) is 0 Å². The zero-order valence-electron chi connectivity index (χ0n) is 11.3. The molecule has 0 amide bonds. The summed E-state index contributed by atoms with van der Waals surface area (Å²) in [5.74, 6) is 0.733. The zero-order chi connectivity index (χ0) is 12.0. The molecule has 16 heavy (non-hydrogen) atoms. The van der Waals surface area contributed by atoms with Gasteiger partial charge < -0.3 is 0 Å². The SMILES string of the molecule is CC1=CC/C=C(/C)CC/C=C(/C)CCC1C. The molecule has 0 aromatic heterocycles. The monoisotopic (exact) mass is 218 g/mol. The number of rotatable bonds is 0. The summed E-state index contributed by atoms with van der Waals surface area (Å²) in [5.41, 5.74) is 4.65. The summed E-state index contributed by atoms with van der Waals surface area (Å²) in [5, 5.41) is 0. The summed E-state index contributed by atoms with van der Waals surface area (Å²) in [6.07, 6.45) is 13.3. The Morgan fingerprint density at radius 3 is 2.38 bits per heavy atom. The third-order valence-corrected chi connectivity index (χ3v) is 3.69. The molecule has 1 rings (SSSR count). The molecule has 1 aliphatic rings. The quantitative estimate of drug-likeness (QED) is 0.476. The first-order chi connectivity index (χ1) is 7.59. The fraction of sp³-hybridized carbons (Fsp3) is 0.625. The van der Waals surface area contributed by atoms with Crippen LogP contribution < -0.4 is 0 Å². The van der Waals surface area contributed by atoms with Gasteiger partial charge in [-0.25, -0.2) is 0 Å². The van der Waals surface area contributed by atoms with Gasteiger partial charge in [-0.3, -0.25) is 0 Å². The summed E-state index contributed by atoms with van der Waals surface area (Å²) in [6, 6.07) is 0. The topological polar surface area (TPSA) is 0 Å². The van der Waals surface area contributed by atoms with E-state index in [0.29, 0.717) is 0 Å². The van der Waals surface area contributed by atoms with E-state index in [-0.39, 0.29) is 0 Å². The molecule has 0 fully saturated rings. The standard InChI is InChI=1S/C16H26/c1-13-7-5-8-14(2)11-12-16(4)15(3)10-6-9-13/h8-10,16H,5-7,11-12H2,1-4H3/b13-9-,14-8-,15-10?. The van der Waals surface area contributed by atoms with Crippen molar-refractivity contribution in [2.24, 2.45) is 5.92 Å². The van der Waals surface area contributed by atoms with Crippen LogP contribution in [0, 0.1) is 5.92 Å². The Hall–Kier alpha value is -0.780. The van der Waals surface area contributed by atoms with Gasteiger partial charge in [-0.05, 0) is 58.8 Å². The Kier molecular flexibility index (Phi) is 5.59. The molecule has 0 saturated carbocycles. The lowest BCUT2D eigenvalue weighted by Gasteiger charge is -2.13. The Morgan fingerprint density at radius 1 is 0.938 bits per heavy atom. The molecule has 1 atom stereocenters. The van der Waals surface area contributed by atoms with Crippen molar-refractivity contribution in [3.8, 4) is 0 Å².